The molecule has 1 aromatic carbocycles. The number of rotatable bonds is 5. The van der Waals surface area contributed by atoms with Crippen molar-refractivity contribution in [2.45, 2.75) is 59.0 Å². The fourth-order valence-corrected chi connectivity index (χ4v) is 6.14. The number of carbonyl (C=O) groups is 3. The van der Waals surface area contributed by atoms with Crippen molar-refractivity contribution in [3.05, 3.63) is 58.7 Å². The van der Waals surface area contributed by atoms with Crippen molar-refractivity contribution in [1.29, 1.82) is 0 Å². The summed E-state index contributed by atoms with van der Waals surface area (Å²) in [7, 11) is 0. The quantitative estimate of drug-likeness (QED) is 0.509. The summed E-state index contributed by atoms with van der Waals surface area (Å²) in [5, 5.41) is 20.4. The molecule has 4 atom stereocenters. The molecule has 0 radical (unpaired) electrons. The van der Waals surface area contributed by atoms with E-state index in [9.17, 15) is 24.6 Å². The molecule has 0 aromatic heterocycles. The normalized spacial score (nSPS) is 31.5. The number of esters is 1. The molecule has 1 unspecified atom stereocenters. The number of hydrogen-bond donors (Lipinski definition) is 2. The van der Waals surface area contributed by atoms with Crippen molar-refractivity contribution >= 4 is 17.7 Å². The largest absolute Gasteiger partial charge is 0.481 e. The Kier molecular flexibility index (Phi) is 6.08. The highest BCUT2D eigenvalue weighted by atomic mass is 16.5. The van der Waals surface area contributed by atoms with Crippen LogP contribution in [0.3, 0.4) is 0 Å². The van der Waals surface area contributed by atoms with E-state index in [1.807, 2.05) is 6.92 Å². The lowest BCUT2D eigenvalue weighted by atomic mass is 9.54. The second-order valence-electron chi connectivity index (χ2n) is 10.2. The monoisotopic (exact) mass is 452 g/mol. The van der Waals surface area contributed by atoms with Crippen LogP contribution in [0.5, 0.6) is 0 Å². The van der Waals surface area contributed by atoms with Gasteiger partial charge in [-0.15, -0.1) is 0 Å². The van der Waals surface area contributed by atoms with Crippen LogP contribution < -0.4 is 0 Å². The Morgan fingerprint density at radius 2 is 1.85 bits per heavy atom. The number of fused-ring (bicyclic) bond motifs is 3. The first-order valence-electron chi connectivity index (χ1n) is 11.7. The molecule has 0 bridgehead atoms. The van der Waals surface area contributed by atoms with E-state index in [1.165, 1.54) is 6.08 Å². The Balaban J connectivity index is 1.80. The molecule has 176 valence electrons. The maximum absolute atomic E-state index is 13.5. The molecule has 0 heterocycles. The number of aliphatic hydroxyl groups is 1. The predicted octanol–water partition coefficient (Wildman–Crippen LogP) is 4.34. The fraction of sp³-hybridized carbons (Fsp3) is 0.519. The van der Waals surface area contributed by atoms with E-state index in [1.54, 1.807) is 30.3 Å². The first-order valence-corrected chi connectivity index (χ1v) is 11.7. The summed E-state index contributed by atoms with van der Waals surface area (Å²) >= 11 is 0. The molecular weight excluding hydrogens is 420 g/mol. The summed E-state index contributed by atoms with van der Waals surface area (Å²) in [4.78, 5) is 38.9. The van der Waals surface area contributed by atoms with Gasteiger partial charge < -0.3 is 14.9 Å². The van der Waals surface area contributed by atoms with Gasteiger partial charge >= 0.3 is 11.9 Å². The molecule has 2 N–H and O–H groups in total. The summed E-state index contributed by atoms with van der Waals surface area (Å²) in [6.07, 6.45) is 3.03. The number of ketones is 1. The maximum atomic E-state index is 13.5. The second kappa shape index (κ2) is 8.56. The van der Waals surface area contributed by atoms with E-state index in [0.29, 0.717) is 36.8 Å². The Morgan fingerprint density at radius 1 is 1.15 bits per heavy atom. The first kappa shape index (κ1) is 23.4. The van der Waals surface area contributed by atoms with Crippen molar-refractivity contribution < 1.29 is 29.3 Å². The molecule has 1 aromatic rings. The van der Waals surface area contributed by atoms with E-state index in [4.69, 9.17) is 4.74 Å². The Bertz CT molecular complexity index is 1040. The van der Waals surface area contributed by atoms with E-state index >= 15 is 0 Å². The average Bonchev–Trinajstić information content (AvgIpc) is 3.16. The van der Waals surface area contributed by atoms with Gasteiger partial charge in [-0.05, 0) is 73.3 Å². The lowest BCUT2D eigenvalue weighted by molar-refractivity contribution is -0.151. The van der Waals surface area contributed by atoms with E-state index in [0.717, 1.165) is 11.1 Å². The summed E-state index contributed by atoms with van der Waals surface area (Å²) in [6, 6.07) is 8.60. The Labute approximate surface area is 194 Å². The molecule has 1 fully saturated rings. The van der Waals surface area contributed by atoms with Gasteiger partial charge in [-0.1, -0.05) is 44.5 Å². The maximum Gasteiger partial charge on any atom is 0.338 e. The molecule has 0 amide bonds. The van der Waals surface area contributed by atoms with Gasteiger partial charge in [0.1, 0.15) is 6.10 Å². The smallest absolute Gasteiger partial charge is 0.338 e. The number of hydrogen-bond acceptors (Lipinski definition) is 5. The van der Waals surface area contributed by atoms with E-state index < -0.39 is 35.5 Å². The number of aliphatic hydroxyl groups excluding tert-OH is 1. The minimum absolute atomic E-state index is 0.128. The summed E-state index contributed by atoms with van der Waals surface area (Å²) in [5.74, 6) is -1.70. The second-order valence-corrected chi connectivity index (χ2v) is 10.2. The number of aliphatic carboxylic acids is 1. The van der Waals surface area contributed by atoms with Crippen LogP contribution in [0.4, 0.5) is 0 Å². The zero-order valence-electron chi connectivity index (χ0n) is 19.5. The van der Waals surface area contributed by atoms with Crippen LogP contribution in [0.15, 0.2) is 53.1 Å². The molecule has 3 aliphatic carbocycles. The van der Waals surface area contributed by atoms with Crippen LogP contribution in [0, 0.1) is 22.7 Å². The van der Waals surface area contributed by atoms with Crippen LogP contribution >= 0.6 is 0 Å². The lowest BCUT2D eigenvalue weighted by Gasteiger charge is -2.48. The van der Waals surface area contributed by atoms with Crippen LogP contribution in [0.2, 0.25) is 0 Å². The van der Waals surface area contributed by atoms with Crippen molar-refractivity contribution in [2.24, 2.45) is 22.7 Å². The minimum Gasteiger partial charge on any atom is -0.481 e. The summed E-state index contributed by atoms with van der Waals surface area (Å²) in [5.41, 5.74) is 0.960. The number of allylic oxidation sites excluding steroid dienone is 2. The van der Waals surface area contributed by atoms with Crippen molar-refractivity contribution in [2.75, 3.05) is 6.61 Å². The predicted molar refractivity (Wildman–Crippen MR) is 122 cm³/mol. The molecule has 0 spiro atoms. The zero-order chi connectivity index (χ0) is 24.0. The SMILES string of the molecule is CC(C)C1=C2C3C[C@@H](OC(=O)c4ccccc4)C(CO)=CC(=O)[C@]3(C)CC[C@@]2(C(=O)O)CC1. The summed E-state index contributed by atoms with van der Waals surface area (Å²) in [6.45, 7) is 5.63. The Morgan fingerprint density at radius 3 is 2.45 bits per heavy atom. The fourth-order valence-electron chi connectivity index (χ4n) is 6.14. The van der Waals surface area contributed by atoms with Gasteiger partial charge in [0.25, 0.3) is 0 Å². The van der Waals surface area contributed by atoms with Gasteiger partial charge in [-0.2, -0.15) is 0 Å². The third-order valence-corrected chi connectivity index (χ3v) is 8.16. The minimum atomic E-state index is -0.970. The molecular formula is C27H32O6. The number of benzene rings is 1. The van der Waals surface area contributed by atoms with Gasteiger partial charge in [0.2, 0.25) is 0 Å². The van der Waals surface area contributed by atoms with E-state index in [2.05, 4.69) is 13.8 Å². The lowest BCUT2D eigenvalue weighted by Crippen LogP contribution is -2.48. The molecule has 0 aliphatic heterocycles. The molecule has 4 rings (SSSR count). The van der Waals surface area contributed by atoms with Crippen LogP contribution in [-0.4, -0.2) is 40.6 Å². The highest BCUT2D eigenvalue weighted by Gasteiger charge is 2.60. The molecule has 1 saturated carbocycles. The van der Waals surface area contributed by atoms with E-state index in [-0.39, 0.29) is 24.0 Å². The highest BCUT2D eigenvalue weighted by molar-refractivity contribution is 5.97. The van der Waals surface area contributed by atoms with Crippen molar-refractivity contribution in [3.63, 3.8) is 0 Å². The number of ether oxygens (including phenoxy) is 1. The van der Waals surface area contributed by atoms with Gasteiger partial charge in [-0.25, -0.2) is 4.79 Å². The van der Waals surface area contributed by atoms with Gasteiger partial charge in [0.15, 0.2) is 5.78 Å². The zero-order valence-corrected chi connectivity index (χ0v) is 19.5. The van der Waals surface area contributed by atoms with Crippen LogP contribution in [-0.2, 0) is 14.3 Å². The molecule has 6 heteroatoms. The van der Waals surface area contributed by atoms with Crippen LogP contribution in [0.25, 0.3) is 0 Å². The highest BCUT2D eigenvalue weighted by Crippen LogP contribution is 2.62. The van der Waals surface area contributed by atoms with Gasteiger partial charge in [0.05, 0.1) is 17.6 Å². The third-order valence-electron chi connectivity index (χ3n) is 8.16. The van der Waals surface area contributed by atoms with Crippen LogP contribution in [0.1, 0.15) is 63.2 Å². The third kappa shape index (κ3) is 3.74. The Hall–Kier alpha value is -2.73. The topological polar surface area (TPSA) is 101 Å². The molecule has 6 nitrogen and oxygen atoms in total. The molecule has 3 aliphatic rings. The number of carboxylic acids is 1. The molecule has 33 heavy (non-hydrogen) atoms. The number of carboxylic acid groups (broad SMARTS) is 1. The standard InChI is InChI=1S/C27H32O6/c1-16(2)19-9-10-27(25(31)32)12-11-26(3)20(23(19)27)14-21(18(15-28)13-22(26)29)33-24(30)17-7-5-4-6-8-17/h4-8,13,16,20-21,28H,9-12,14-15H2,1-3H3,(H,31,32)/t20?,21-,26-,27+/m1/s1. The van der Waals surface area contributed by atoms with Gasteiger partial charge in [0, 0.05) is 5.41 Å². The molecule has 0 saturated heterocycles. The average molecular weight is 453 g/mol. The van der Waals surface area contributed by atoms with Crippen molar-refractivity contribution in [1.82, 2.24) is 0 Å². The first-order chi connectivity index (χ1) is 15.6. The van der Waals surface area contributed by atoms with Gasteiger partial charge in [-0.3, -0.25) is 9.59 Å². The summed E-state index contributed by atoms with van der Waals surface area (Å²) < 4.78 is 5.85. The number of carbonyl (C=O) groups excluding carboxylic acids is 2. The van der Waals surface area contributed by atoms with Crippen molar-refractivity contribution in [3.8, 4) is 0 Å².